The first-order valence-electron chi connectivity index (χ1n) is 6.69. The molecule has 0 aromatic carbocycles. The fourth-order valence-electron chi connectivity index (χ4n) is 1.12. The van der Waals surface area contributed by atoms with E-state index in [2.05, 4.69) is 20.8 Å². The minimum atomic E-state index is -0.454. The Balaban J connectivity index is -0.00000112. The summed E-state index contributed by atoms with van der Waals surface area (Å²) in [7, 11) is -0.454. The molecule has 0 aliphatic heterocycles. The predicted molar refractivity (Wildman–Crippen MR) is 69.4 cm³/mol. The van der Waals surface area contributed by atoms with Gasteiger partial charge in [-0.3, -0.25) is 0 Å². The molecule has 0 heterocycles. The third-order valence-electron chi connectivity index (χ3n) is 2.26. The Labute approximate surface area is 121 Å². The van der Waals surface area contributed by atoms with Crippen LogP contribution < -0.4 is 18.9 Å². The van der Waals surface area contributed by atoms with Crippen molar-refractivity contribution in [2.75, 3.05) is 19.8 Å². The second-order valence-corrected chi connectivity index (χ2v) is 3.96. The molecule has 0 unspecified atom stereocenters. The second-order valence-electron chi connectivity index (χ2n) is 3.96. The van der Waals surface area contributed by atoms with Crippen molar-refractivity contribution in [2.45, 2.75) is 59.3 Å². The van der Waals surface area contributed by atoms with E-state index in [0.717, 1.165) is 58.3 Å². The van der Waals surface area contributed by atoms with E-state index in [4.69, 9.17) is 14.0 Å². The van der Waals surface area contributed by atoms with Crippen LogP contribution in [0.5, 0.6) is 0 Å². The molecule has 0 saturated heterocycles. The summed E-state index contributed by atoms with van der Waals surface area (Å²) < 4.78 is 16.6. The quantitative estimate of drug-likeness (QED) is 0.367. The number of hydrogen-bond acceptors (Lipinski definition) is 3. The van der Waals surface area contributed by atoms with Gasteiger partial charge >= 0.3 is 26.2 Å². The van der Waals surface area contributed by atoms with Gasteiger partial charge < -0.3 is 15.4 Å². The number of rotatable bonds is 12. The van der Waals surface area contributed by atoms with Crippen LogP contribution in [-0.2, 0) is 14.0 Å². The van der Waals surface area contributed by atoms with E-state index in [-0.39, 0.29) is 20.3 Å². The number of hydrogen-bond donors (Lipinski definition) is 0. The van der Waals surface area contributed by atoms with E-state index >= 15 is 0 Å². The van der Waals surface area contributed by atoms with Crippen molar-refractivity contribution in [1.82, 2.24) is 0 Å². The van der Waals surface area contributed by atoms with Crippen LogP contribution in [0.15, 0.2) is 0 Å². The van der Waals surface area contributed by atoms with Crippen LogP contribution in [0.2, 0.25) is 0 Å². The summed E-state index contributed by atoms with van der Waals surface area (Å²) in [6.07, 6.45) is 6.59. The second kappa shape index (κ2) is 16.5. The van der Waals surface area contributed by atoms with Gasteiger partial charge in [-0.1, -0.05) is 40.0 Å². The molecule has 0 bridgehead atoms. The Bertz CT molecular complexity index is 121. The van der Waals surface area contributed by atoms with Gasteiger partial charge in [-0.2, -0.15) is 0 Å². The van der Waals surface area contributed by atoms with Crippen LogP contribution in [0.4, 0.5) is 0 Å². The Morgan fingerprint density at radius 3 is 1.24 bits per heavy atom. The Kier molecular flexibility index (Phi) is 19.3. The Morgan fingerprint density at radius 2 is 1.00 bits per heavy atom. The third-order valence-corrected chi connectivity index (χ3v) is 2.26. The normalized spacial score (nSPS) is 10.1. The topological polar surface area (TPSA) is 27.7 Å². The van der Waals surface area contributed by atoms with Gasteiger partial charge in [0, 0.05) is 19.8 Å². The largest absolute Gasteiger partial charge is 1.00 e. The van der Waals surface area contributed by atoms with E-state index in [9.17, 15) is 0 Å². The van der Waals surface area contributed by atoms with E-state index in [0.29, 0.717) is 0 Å². The summed E-state index contributed by atoms with van der Waals surface area (Å²) in [5.41, 5.74) is 0. The van der Waals surface area contributed by atoms with Gasteiger partial charge in [0.05, 0.1) is 0 Å². The first-order valence-corrected chi connectivity index (χ1v) is 6.69. The Morgan fingerprint density at radius 1 is 0.706 bits per heavy atom. The first-order chi connectivity index (χ1) is 7.85. The van der Waals surface area contributed by atoms with Crippen LogP contribution >= 0.6 is 0 Å². The molecule has 0 rings (SSSR count). The summed E-state index contributed by atoms with van der Waals surface area (Å²) in [5.74, 6) is 0. The van der Waals surface area contributed by atoms with Crippen LogP contribution in [0.25, 0.3) is 0 Å². The zero-order valence-electron chi connectivity index (χ0n) is 13.2. The van der Waals surface area contributed by atoms with Crippen molar-refractivity contribution in [2.24, 2.45) is 0 Å². The molecule has 0 fully saturated rings. The van der Waals surface area contributed by atoms with Gasteiger partial charge in [0.1, 0.15) is 0 Å². The fourth-order valence-corrected chi connectivity index (χ4v) is 1.12. The van der Waals surface area contributed by atoms with Gasteiger partial charge in [0.2, 0.25) is 0 Å². The smallest absolute Gasteiger partial charge is 1.00 e. The summed E-state index contributed by atoms with van der Waals surface area (Å²) in [6, 6.07) is 0. The monoisotopic (exact) mass is 238 g/mol. The van der Waals surface area contributed by atoms with Gasteiger partial charge in [-0.25, -0.2) is 0 Å². The summed E-state index contributed by atoms with van der Waals surface area (Å²) in [6.45, 7) is 8.61. The van der Waals surface area contributed by atoms with E-state index in [1.165, 1.54) is 0 Å². The molecule has 0 amide bonds. The maximum absolute atomic E-state index is 5.53. The van der Waals surface area contributed by atoms with Crippen molar-refractivity contribution in [3.8, 4) is 0 Å². The molecule has 0 aliphatic rings. The molecule has 5 heteroatoms. The van der Waals surface area contributed by atoms with Crippen LogP contribution in [-0.4, -0.2) is 27.1 Å². The van der Waals surface area contributed by atoms with Gasteiger partial charge in [-0.15, -0.1) is 0 Å². The van der Waals surface area contributed by atoms with Crippen molar-refractivity contribution in [3.63, 3.8) is 0 Å². The van der Waals surface area contributed by atoms with Gasteiger partial charge in [0.15, 0.2) is 0 Å². The summed E-state index contributed by atoms with van der Waals surface area (Å²) >= 11 is 0. The van der Waals surface area contributed by atoms with Crippen LogP contribution in [0.3, 0.4) is 0 Å². The molecule has 0 radical (unpaired) electrons. The van der Waals surface area contributed by atoms with Crippen molar-refractivity contribution < 1.29 is 34.3 Å². The Hall–Kier alpha value is 0.542. The molecule has 0 aromatic heterocycles. The molecule has 3 nitrogen and oxygen atoms in total. The van der Waals surface area contributed by atoms with Gasteiger partial charge in [-0.05, 0) is 19.3 Å². The molecule has 0 N–H and O–H groups in total. The van der Waals surface area contributed by atoms with E-state index < -0.39 is 7.32 Å². The average Bonchev–Trinajstić information content (AvgIpc) is 2.29. The molecule has 98 valence electrons. The summed E-state index contributed by atoms with van der Waals surface area (Å²) in [5, 5.41) is 0. The van der Waals surface area contributed by atoms with Gasteiger partial charge in [0.25, 0.3) is 0 Å². The van der Waals surface area contributed by atoms with Crippen LogP contribution in [0.1, 0.15) is 60.7 Å². The third kappa shape index (κ3) is 14.5. The molecule has 17 heavy (non-hydrogen) atoms. The van der Waals surface area contributed by atoms with Crippen molar-refractivity contribution in [3.05, 3.63) is 0 Å². The molecule has 0 saturated carbocycles. The maximum atomic E-state index is 5.53. The first kappa shape index (κ1) is 19.9. The molecular weight excluding hydrogens is 210 g/mol. The molecular formula is C12H28BLiO3. The standard InChI is InChI=1S/C12H27BO3.Li.H/c1-4-7-10-14-13(15-11-8-5-2)16-12-9-6-3;;/h4-12H2,1-3H3;;/q;+1;-1. The predicted octanol–water partition coefficient (Wildman–Crippen LogP) is 0.538. The fraction of sp³-hybridized carbons (Fsp3) is 1.00. The van der Waals surface area contributed by atoms with Crippen molar-refractivity contribution in [1.29, 1.82) is 0 Å². The molecule has 0 atom stereocenters. The van der Waals surface area contributed by atoms with E-state index in [1.54, 1.807) is 0 Å². The molecule has 0 aliphatic carbocycles. The maximum Gasteiger partial charge on any atom is 1.00 e. The number of unbranched alkanes of at least 4 members (excludes halogenated alkanes) is 3. The average molecular weight is 238 g/mol. The zero-order chi connectivity index (χ0) is 12.1. The van der Waals surface area contributed by atoms with Crippen LogP contribution in [0, 0.1) is 0 Å². The zero-order valence-corrected chi connectivity index (χ0v) is 12.2. The van der Waals surface area contributed by atoms with E-state index in [1.807, 2.05) is 0 Å². The van der Waals surface area contributed by atoms with Crippen molar-refractivity contribution >= 4 is 7.32 Å². The minimum absolute atomic E-state index is 0. The molecule has 0 spiro atoms. The summed E-state index contributed by atoms with van der Waals surface area (Å²) in [4.78, 5) is 0. The minimum Gasteiger partial charge on any atom is -1.00 e. The molecule has 0 aromatic rings. The SMILES string of the molecule is CCCCOB(OCCCC)OCCCC.[H-].[Li+].